The Labute approximate surface area is 249 Å². The molecule has 7 atom stereocenters. The number of benzene rings is 2. The van der Waals surface area contributed by atoms with Crippen LogP contribution in [0, 0.1) is 31.6 Å². The molecular formula is C31H38BrN3O6. The van der Waals surface area contributed by atoms with Gasteiger partial charge in [0.05, 0.1) is 37.2 Å². The lowest BCUT2D eigenvalue weighted by Crippen LogP contribution is -2.57. The molecule has 2 bridgehead atoms. The lowest BCUT2D eigenvalue weighted by atomic mass is 9.70. The Morgan fingerprint density at radius 1 is 1.15 bits per heavy atom. The van der Waals surface area contributed by atoms with Gasteiger partial charge in [0.25, 0.3) is 0 Å². The fourth-order valence-corrected chi connectivity index (χ4v) is 7.69. The maximum absolute atomic E-state index is 14.3. The topological polar surface area (TPSA) is 117 Å². The summed E-state index contributed by atoms with van der Waals surface area (Å²) in [6, 6.07) is 11.2. The van der Waals surface area contributed by atoms with Crippen molar-refractivity contribution in [2.24, 2.45) is 17.8 Å². The van der Waals surface area contributed by atoms with Gasteiger partial charge in [0.2, 0.25) is 17.7 Å². The number of aliphatic hydroxyl groups excluding tert-OH is 1. The van der Waals surface area contributed by atoms with Gasteiger partial charge in [-0.2, -0.15) is 0 Å². The van der Waals surface area contributed by atoms with Crippen LogP contribution in [0.2, 0.25) is 0 Å². The highest BCUT2D eigenvalue weighted by Gasteiger charge is 2.77. The van der Waals surface area contributed by atoms with Gasteiger partial charge in [-0.3, -0.25) is 14.4 Å². The van der Waals surface area contributed by atoms with Crippen LogP contribution >= 0.6 is 15.9 Å². The van der Waals surface area contributed by atoms with Crippen molar-refractivity contribution >= 4 is 45.0 Å². The van der Waals surface area contributed by atoms with Crippen LogP contribution in [0.3, 0.4) is 0 Å². The first-order valence-electron chi connectivity index (χ1n) is 14.2. The van der Waals surface area contributed by atoms with E-state index in [9.17, 15) is 19.5 Å². The molecule has 2 aromatic rings. The first-order chi connectivity index (χ1) is 19.5. The van der Waals surface area contributed by atoms with Crippen LogP contribution in [-0.2, 0) is 19.1 Å². The Morgan fingerprint density at radius 3 is 2.49 bits per heavy atom. The summed E-state index contributed by atoms with van der Waals surface area (Å²) in [7, 11) is 0. The first kappa shape index (κ1) is 29.5. The number of nitrogens with zero attached hydrogens (tertiary/aromatic N) is 1. The largest absolute Gasteiger partial charge is 0.494 e. The Kier molecular flexibility index (Phi) is 8.20. The maximum Gasteiger partial charge on any atom is 0.250 e. The molecule has 0 saturated carbocycles. The van der Waals surface area contributed by atoms with E-state index in [0.29, 0.717) is 30.2 Å². The SMILES string of the molecule is CCOc1ccc(NC(=O)[C@H]2[C@@H]3OC4(CC3Br)C(C(=O)Nc3cc(C)ccc3C)N([C@@H](CO)C(C)C)C(=O)[C@H]24)cc1. The van der Waals surface area contributed by atoms with E-state index in [-0.39, 0.29) is 35.1 Å². The molecule has 2 aromatic carbocycles. The van der Waals surface area contributed by atoms with E-state index >= 15 is 0 Å². The number of carbonyl (C=O) groups is 3. The molecule has 41 heavy (non-hydrogen) atoms. The summed E-state index contributed by atoms with van der Waals surface area (Å²) in [5, 5.41) is 16.4. The monoisotopic (exact) mass is 627 g/mol. The second-order valence-corrected chi connectivity index (χ2v) is 12.8. The predicted molar refractivity (Wildman–Crippen MR) is 159 cm³/mol. The average molecular weight is 629 g/mol. The van der Waals surface area contributed by atoms with Crippen LogP contribution in [0.4, 0.5) is 11.4 Å². The molecular weight excluding hydrogens is 590 g/mol. The van der Waals surface area contributed by atoms with Gasteiger partial charge in [-0.25, -0.2) is 0 Å². The Bertz CT molecular complexity index is 1330. The molecule has 3 heterocycles. The van der Waals surface area contributed by atoms with E-state index < -0.39 is 35.6 Å². The molecule has 10 heteroatoms. The third-order valence-corrected chi connectivity index (χ3v) is 9.52. The Hall–Kier alpha value is -2.95. The molecule has 3 aliphatic rings. The molecule has 3 amide bonds. The van der Waals surface area contributed by atoms with Gasteiger partial charge < -0.3 is 30.1 Å². The van der Waals surface area contributed by atoms with Gasteiger partial charge in [-0.15, -0.1) is 0 Å². The van der Waals surface area contributed by atoms with Crippen molar-refractivity contribution < 1.29 is 29.0 Å². The maximum atomic E-state index is 14.3. The molecule has 220 valence electrons. The number of fused-ring (bicyclic) bond motifs is 1. The molecule has 3 unspecified atom stereocenters. The highest BCUT2D eigenvalue weighted by Crippen LogP contribution is 2.60. The third-order valence-electron chi connectivity index (χ3n) is 8.68. The minimum absolute atomic E-state index is 0.136. The number of aryl methyl sites for hydroxylation is 2. The molecule has 1 spiro atoms. The van der Waals surface area contributed by atoms with Crippen molar-refractivity contribution in [3.63, 3.8) is 0 Å². The van der Waals surface area contributed by atoms with Gasteiger partial charge in [-0.1, -0.05) is 41.9 Å². The van der Waals surface area contributed by atoms with Crippen LogP contribution in [0.1, 0.15) is 38.3 Å². The smallest absolute Gasteiger partial charge is 0.250 e. The summed E-state index contributed by atoms with van der Waals surface area (Å²) in [4.78, 5) is 43.5. The van der Waals surface area contributed by atoms with E-state index in [1.807, 2.05) is 52.8 Å². The summed E-state index contributed by atoms with van der Waals surface area (Å²) in [6.07, 6.45) is -0.199. The molecule has 0 aliphatic carbocycles. The van der Waals surface area contributed by atoms with Crippen LogP contribution in [0.25, 0.3) is 0 Å². The third kappa shape index (κ3) is 5.04. The molecule has 3 fully saturated rings. The number of alkyl halides is 1. The Morgan fingerprint density at radius 2 is 1.85 bits per heavy atom. The summed E-state index contributed by atoms with van der Waals surface area (Å²) in [5.41, 5.74) is 1.88. The Balaban J connectivity index is 1.51. The molecule has 9 nitrogen and oxygen atoms in total. The lowest BCUT2D eigenvalue weighted by Gasteiger charge is -2.38. The number of nitrogens with one attached hydrogen (secondary N) is 2. The number of rotatable bonds is 9. The number of halogens is 1. The zero-order valence-electron chi connectivity index (χ0n) is 24.0. The number of amides is 3. The van der Waals surface area contributed by atoms with E-state index in [1.165, 1.54) is 4.90 Å². The van der Waals surface area contributed by atoms with Crippen LogP contribution in [0.15, 0.2) is 42.5 Å². The van der Waals surface area contributed by atoms with E-state index in [0.717, 1.165) is 11.1 Å². The fourth-order valence-electron chi connectivity index (χ4n) is 6.74. The average Bonchev–Trinajstić information content (AvgIpc) is 3.51. The first-order valence-corrected chi connectivity index (χ1v) is 15.1. The molecule has 0 radical (unpaired) electrons. The zero-order valence-corrected chi connectivity index (χ0v) is 25.6. The van der Waals surface area contributed by atoms with E-state index in [4.69, 9.17) is 9.47 Å². The van der Waals surface area contributed by atoms with Crippen molar-refractivity contribution in [2.45, 2.75) is 69.7 Å². The molecule has 0 aromatic heterocycles. The second kappa shape index (κ2) is 11.4. The highest BCUT2D eigenvalue weighted by atomic mass is 79.9. The quantitative estimate of drug-likeness (QED) is 0.361. The summed E-state index contributed by atoms with van der Waals surface area (Å²) in [5.74, 6) is -2.20. The molecule has 5 rings (SSSR count). The van der Waals surface area contributed by atoms with Gasteiger partial charge in [-0.05, 0) is 74.6 Å². The van der Waals surface area contributed by atoms with Gasteiger partial charge >= 0.3 is 0 Å². The fraction of sp³-hybridized carbons (Fsp3) is 0.516. The second-order valence-electron chi connectivity index (χ2n) is 11.7. The number of likely N-dealkylation sites (tertiary alicyclic amines) is 1. The van der Waals surface area contributed by atoms with Crippen molar-refractivity contribution in [3.8, 4) is 5.75 Å². The highest BCUT2D eigenvalue weighted by molar-refractivity contribution is 9.09. The number of anilines is 2. The van der Waals surface area contributed by atoms with Crippen molar-refractivity contribution in [1.29, 1.82) is 0 Å². The number of hydrogen-bond donors (Lipinski definition) is 3. The number of aliphatic hydroxyl groups is 1. The lowest BCUT2D eigenvalue weighted by molar-refractivity contribution is -0.144. The van der Waals surface area contributed by atoms with E-state index in [2.05, 4.69) is 26.6 Å². The van der Waals surface area contributed by atoms with Crippen molar-refractivity contribution in [3.05, 3.63) is 53.6 Å². The summed E-state index contributed by atoms with van der Waals surface area (Å²) < 4.78 is 12.1. The number of ether oxygens (including phenoxy) is 2. The summed E-state index contributed by atoms with van der Waals surface area (Å²) in [6.45, 7) is 9.78. The van der Waals surface area contributed by atoms with Crippen LogP contribution in [-0.4, -0.2) is 69.6 Å². The number of hydrogen-bond acceptors (Lipinski definition) is 6. The number of carbonyl (C=O) groups excluding carboxylic acids is 3. The molecule has 3 aliphatic heterocycles. The van der Waals surface area contributed by atoms with Gasteiger partial charge in [0.15, 0.2) is 0 Å². The standard InChI is InChI=1S/C31H38BrN3O6/c1-6-40-20-11-9-19(10-12-20)33-28(37)24-25-30(39)35(23(15-36)16(2)3)27(31(25)14-21(32)26(24)41-31)29(38)34-22-13-17(4)7-8-18(22)5/h7-13,16,21,23-27,36H,6,14-15H2,1-5H3,(H,33,37)(H,34,38)/t21?,23-,24+,25-,26+,27?,31?/m0/s1. The van der Waals surface area contributed by atoms with Crippen LogP contribution < -0.4 is 15.4 Å². The normalized spacial score (nSPS) is 29.0. The van der Waals surface area contributed by atoms with Gasteiger partial charge in [0, 0.05) is 16.2 Å². The summed E-state index contributed by atoms with van der Waals surface area (Å²) >= 11 is 3.70. The van der Waals surface area contributed by atoms with Crippen molar-refractivity contribution in [2.75, 3.05) is 23.8 Å². The van der Waals surface area contributed by atoms with Gasteiger partial charge in [0.1, 0.15) is 17.4 Å². The van der Waals surface area contributed by atoms with Crippen molar-refractivity contribution in [1.82, 2.24) is 4.90 Å². The zero-order chi connectivity index (χ0) is 29.6. The molecule has 3 saturated heterocycles. The predicted octanol–water partition coefficient (Wildman–Crippen LogP) is 4.04. The van der Waals surface area contributed by atoms with E-state index in [1.54, 1.807) is 24.3 Å². The minimum Gasteiger partial charge on any atom is -0.494 e. The minimum atomic E-state index is -1.22. The van der Waals surface area contributed by atoms with Crippen LogP contribution in [0.5, 0.6) is 5.75 Å². The molecule has 3 N–H and O–H groups in total.